The van der Waals surface area contributed by atoms with Gasteiger partial charge in [0.1, 0.15) is 5.03 Å². The summed E-state index contributed by atoms with van der Waals surface area (Å²) in [7, 11) is 1.44. The molecule has 0 saturated carbocycles. The van der Waals surface area contributed by atoms with E-state index in [2.05, 4.69) is 4.98 Å². The number of rotatable bonds is 7. The molecule has 2 aromatic heterocycles. The smallest absolute Gasteiger partial charge is 0.308 e. The average Bonchev–Trinajstić information content (AvgIpc) is 2.80. The molecule has 0 radical (unpaired) electrons. The summed E-state index contributed by atoms with van der Waals surface area (Å²) in [5.41, 5.74) is 1.65. The maximum absolute atomic E-state index is 13.0. The van der Waals surface area contributed by atoms with E-state index in [1.165, 1.54) is 38.1 Å². The number of methoxy groups -OCH3 is 1. The predicted molar refractivity (Wildman–Crippen MR) is 127 cm³/mol. The van der Waals surface area contributed by atoms with Gasteiger partial charge in [-0.2, -0.15) is 0 Å². The van der Waals surface area contributed by atoms with Gasteiger partial charge in [-0.05, 0) is 35.9 Å². The van der Waals surface area contributed by atoms with E-state index in [4.69, 9.17) is 26.1 Å². The number of hydrogen-bond donors (Lipinski definition) is 0. The number of nitrogens with zero attached hydrogens (tertiary/aromatic N) is 2. The molecule has 2 aromatic carbocycles. The Bertz CT molecular complexity index is 1360. The van der Waals surface area contributed by atoms with Crippen LogP contribution >= 0.6 is 23.4 Å². The first kappa shape index (κ1) is 22.8. The second-order valence-electron chi connectivity index (χ2n) is 7.09. The van der Waals surface area contributed by atoms with Gasteiger partial charge in [0.25, 0.3) is 0 Å². The number of fused-ring (bicyclic) bond motifs is 1. The zero-order valence-corrected chi connectivity index (χ0v) is 19.4. The van der Waals surface area contributed by atoms with Crippen molar-refractivity contribution in [3.63, 3.8) is 0 Å². The second-order valence-corrected chi connectivity index (χ2v) is 8.56. The molecule has 0 atom stereocenters. The average molecular weight is 479 g/mol. The number of pyridine rings is 2. The van der Waals surface area contributed by atoms with E-state index in [9.17, 15) is 9.59 Å². The summed E-state index contributed by atoms with van der Waals surface area (Å²) in [5, 5.41) is 2.41. The van der Waals surface area contributed by atoms with Crippen LogP contribution in [-0.2, 0) is 11.2 Å². The molecule has 4 rings (SSSR count). The van der Waals surface area contributed by atoms with Crippen molar-refractivity contribution in [2.24, 2.45) is 0 Å². The van der Waals surface area contributed by atoms with Crippen LogP contribution in [-0.4, -0.2) is 28.8 Å². The predicted octanol–water partition coefficient (Wildman–Crippen LogP) is 5.79. The molecule has 4 aromatic rings. The van der Waals surface area contributed by atoms with Crippen molar-refractivity contribution >= 4 is 46.0 Å². The van der Waals surface area contributed by atoms with Gasteiger partial charge in [0.15, 0.2) is 17.2 Å². The van der Waals surface area contributed by atoms with Crippen LogP contribution in [0.2, 0.25) is 5.02 Å². The third kappa shape index (κ3) is 5.32. The molecule has 166 valence electrons. The van der Waals surface area contributed by atoms with E-state index in [-0.39, 0.29) is 29.4 Å². The summed E-state index contributed by atoms with van der Waals surface area (Å²) >= 11 is 7.74. The van der Waals surface area contributed by atoms with Gasteiger partial charge in [-0.15, -0.1) is 0 Å². The highest BCUT2D eigenvalue weighted by Gasteiger charge is 2.21. The van der Waals surface area contributed by atoms with Gasteiger partial charge in [0.05, 0.1) is 17.6 Å². The first-order valence-electron chi connectivity index (χ1n) is 10.0. The van der Waals surface area contributed by atoms with Crippen molar-refractivity contribution in [1.82, 2.24) is 9.97 Å². The van der Waals surface area contributed by atoms with E-state index < -0.39 is 5.97 Å². The molecule has 0 N–H and O–H groups in total. The Morgan fingerprint density at radius 2 is 1.88 bits per heavy atom. The fraction of sp³-hybridized carbons (Fsp3) is 0.120. The molecule has 0 unspecified atom stereocenters. The second kappa shape index (κ2) is 10.0. The minimum atomic E-state index is -0.558. The number of aromatic nitrogens is 2. The molecule has 0 amide bonds. The summed E-state index contributed by atoms with van der Waals surface area (Å²) in [6.45, 7) is 1.26. The summed E-state index contributed by atoms with van der Waals surface area (Å²) in [6.07, 6.45) is 1.53. The summed E-state index contributed by atoms with van der Waals surface area (Å²) in [5.74, 6) is -0.544. The third-order valence-electron chi connectivity index (χ3n) is 4.74. The highest BCUT2D eigenvalue weighted by atomic mass is 35.5. The molecule has 8 heteroatoms. The first-order valence-corrected chi connectivity index (χ1v) is 11.2. The van der Waals surface area contributed by atoms with Crippen LogP contribution in [0.25, 0.3) is 10.9 Å². The maximum Gasteiger partial charge on any atom is 0.308 e. The monoisotopic (exact) mass is 478 g/mol. The molecule has 0 saturated heterocycles. The normalized spacial score (nSPS) is 10.8. The van der Waals surface area contributed by atoms with E-state index >= 15 is 0 Å². The van der Waals surface area contributed by atoms with Crippen LogP contribution in [0.5, 0.6) is 11.5 Å². The molecule has 0 aliphatic carbocycles. The maximum atomic E-state index is 13.0. The molecule has 0 aliphatic rings. The number of Topliss-reactive ketones (excluding diaryl/α,β-unsaturated/α-hetero) is 1. The van der Waals surface area contributed by atoms with Crippen LogP contribution in [0.4, 0.5) is 0 Å². The SMILES string of the molecule is COc1ccnc(C(=O)Cc2ccc3nc(Sc4ccccc4Cl)ccc3c2)c1OC(C)=O. The van der Waals surface area contributed by atoms with Gasteiger partial charge in [-0.1, -0.05) is 47.6 Å². The van der Waals surface area contributed by atoms with Gasteiger partial charge < -0.3 is 9.47 Å². The largest absolute Gasteiger partial charge is 0.493 e. The molecule has 0 aliphatic heterocycles. The van der Waals surface area contributed by atoms with Gasteiger partial charge in [0, 0.05) is 35.9 Å². The lowest BCUT2D eigenvalue weighted by molar-refractivity contribution is -0.132. The summed E-state index contributed by atoms with van der Waals surface area (Å²) < 4.78 is 10.4. The van der Waals surface area contributed by atoms with E-state index in [1.54, 1.807) is 0 Å². The molecule has 0 fully saturated rings. The molecule has 0 spiro atoms. The van der Waals surface area contributed by atoms with Crippen molar-refractivity contribution in [3.05, 3.63) is 83.1 Å². The molecule has 0 bridgehead atoms. The third-order valence-corrected chi connectivity index (χ3v) is 6.20. The standard InChI is InChI=1S/C25H19ClN2O4S/c1-15(29)32-25-21(31-2)11-12-27-24(25)20(30)14-16-7-9-19-17(13-16)8-10-23(28-19)33-22-6-4-3-5-18(22)26/h3-13H,14H2,1-2H3. The minimum Gasteiger partial charge on any atom is -0.493 e. The molecular formula is C25H19ClN2O4S. The van der Waals surface area contributed by atoms with Gasteiger partial charge in [-0.3, -0.25) is 9.59 Å². The molecule has 33 heavy (non-hydrogen) atoms. The van der Waals surface area contributed by atoms with Crippen LogP contribution in [0.3, 0.4) is 0 Å². The van der Waals surface area contributed by atoms with Crippen LogP contribution < -0.4 is 9.47 Å². The summed E-state index contributed by atoms with van der Waals surface area (Å²) in [6, 6.07) is 18.7. The number of carbonyl (C=O) groups excluding carboxylic acids is 2. The van der Waals surface area contributed by atoms with Gasteiger partial charge >= 0.3 is 5.97 Å². The highest BCUT2D eigenvalue weighted by Crippen LogP contribution is 2.33. The van der Waals surface area contributed by atoms with Crippen molar-refractivity contribution in [2.75, 3.05) is 7.11 Å². The Hall–Kier alpha value is -3.42. The Morgan fingerprint density at radius 1 is 1.06 bits per heavy atom. The van der Waals surface area contributed by atoms with E-state index in [1.807, 2.05) is 54.6 Å². The van der Waals surface area contributed by atoms with Gasteiger partial charge in [-0.25, -0.2) is 9.97 Å². The zero-order chi connectivity index (χ0) is 23.4. The number of benzene rings is 2. The van der Waals surface area contributed by atoms with Crippen molar-refractivity contribution < 1.29 is 19.1 Å². The van der Waals surface area contributed by atoms with E-state index in [0.29, 0.717) is 5.02 Å². The quantitative estimate of drug-likeness (QED) is 0.245. The number of hydrogen-bond acceptors (Lipinski definition) is 7. The lowest BCUT2D eigenvalue weighted by Crippen LogP contribution is -2.12. The Kier molecular flexibility index (Phi) is 6.91. The van der Waals surface area contributed by atoms with Crippen molar-refractivity contribution in [3.8, 4) is 11.5 Å². The number of ether oxygens (including phenoxy) is 2. The van der Waals surface area contributed by atoms with Gasteiger partial charge in [0.2, 0.25) is 5.75 Å². The van der Waals surface area contributed by atoms with Crippen LogP contribution in [0, 0.1) is 0 Å². The van der Waals surface area contributed by atoms with E-state index in [0.717, 1.165) is 26.4 Å². The fourth-order valence-electron chi connectivity index (χ4n) is 3.26. The topological polar surface area (TPSA) is 78.4 Å². The minimum absolute atomic E-state index is 0.0289. The van der Waals surface area contributed by atoms with Crippen molar-refractivity contribution in [1.29, 1.82) is 0 Å². The lowest BCUT2D eigenvalue weighted by atomic mass is 10.0. The number of esters is 1. The number of ketones is 1. The fourth-order valence-corrected chi connectivity index (χ4v) is 4.33. The highest BCUT2D eigenvalue weighted by molar-refractivity contribution is 7.99. The summed E-state index contributed by atoms with van der Waals surface area (Å²) in [4.78, 5) is 34.2. The van der Waals surface area contributed by atoms with Crippen LogP contribution in [0.1, 0.15) is 23.0 Å². The zero-order valence-electron chi connectivity index (χ0n) is 17.9. The Morgan fingerprint density at radius 3 is 2.64 bits per heavy atom. The first-order chi connectivity index (χ1) is 15.9. The lowest BCUT2D eigenvalue weighted by Gasteiger charge is -2.11. The molecular weight excluding hydrogens is 460 g/mol. The molecule has 6 nitrogen and oxygen atoms in total. The van der Waals surface area contributed by atoms with Crippen molar-refractivity contribution in [2.45, 2.75) is 23.3 Å². The Balaban J connectivity index is 1.57. The number of halogens is 1. The van der Waals surface area contributed by atoms with Crippen LogP contribution in [0.15, 0.2) is 76.8 Å². The molecule has 2 heterocycles. The number of carbonyl (C=O) groups is 2. The Labute approximate surface area is 199 Å².